The Balaban J connectivity index is 1.34. The molecule has 31 heavy (non-hydrogen) atoms. The minimum absolute atomic E-state index is 0.0360. The number of isocyanates is 1. The summed E-state index contributed by atoms with van der Waals surface area (Å²) >= 11 is 0. The number of amides is 1. The van der Waals surface area contributed by atoms with Crippen LogP contribution in [0, 0.1) is 0 Å². The van der Waals surface area contributed by atoms with E-state index in [0.29, 0.717) is 6.61 Å². The number of nitrogens with one attached hydrogen (secondary N) is 1. The Morgan fingerprint density at radius 1 is 0.935 bits per heavy atom. The zero-order valence-corrected chi connectivity index (χ0v) is 16.9. The lowest BCUT2D eigenvalue weighted by Crippen LogP contribution is -2.37. The number of fused-ring (bicyclic) bond motifs is 3. The van der Waals surface area contributed by atoms with E-state index in [-0.39, 0.29) is 19.1 Å². The van der Waals surface area contributed by atoms with Crippen molar-refractivity contribution in [2.45, 2.75) is 18.7 Å². The molecule has 0 bridgehead atoms. The fraction of sp³-hybridized carbons (Fsp3) is 0.200. The Morgan fingerprint density at radius 3 is 2.19 bits per heavy atom. The van der Waals surface area contributed by atoms with Crippen molar-refractivity contribution in [2.24, 2.45) is 4.99 Å². The van der Waals surface area contributed by atoms with E-state index in [1.165, 1.54) is 6.08 Å². The molecule has 0 aliphatic heterocycles. The molecule has 0 saturated carbocycles. The minimum Gasteiger partial charge on any atom is -0.449 e. The lowest BCUT2D eigenvalue weighted by atomic mass is 9.98. The van der Waals surface area contributed by atoms with E-state index in [0.717, 1.165) is 27.8 Å². The van der Waals surface area contributed by atoms with Gasteiger partial charge in [0.2, 0.25) is 6.08 Å². The molecule has 1 atom stereocenters. The predicted octanol–water partition coefficient (Wildman–Crippen LogP) is 4.40. The maximum Gasteiger partial charge on any atom is 0.408 e. The van der Waals surface area contributed by atoms with Crippen molar-refractivity contribution in [3.05, 3.63) is 95.6 Å². The van der Waals surface area contributed by atoms with Gasteiger partial charge in [-0.1, -0.05) is 78.9 Å². The Hall–Kier alpha value is -3.73. The van der Waals surface area contributed by atoms with Crippen LogP contribution in [0.15, 0.2) is 83.9 Å². The van der Waals surface area contributed by atoms with E-state index in [4.69, 9.17) is 9.47 Å². The molecule has 1 N–H and O–H groups in total. The first-order valence-corrected chi connectivity index (χ1v) is 10.1. The van der Waals surface area contributed by atoms with Crippen LogP contribution in [0.4, 0.5) is 4.79 Å². The number of alkyl carbamates (subject to hydrolysis) is 1. The first-order valence-electron chi connectivity index (χ1n) is 10.1. The molecule has 3 aromatic carbocycles. The molecule has 156 valence electrons. The number of hydrogen-bond acceptors (Lipinski definition) is 5. The van der Waals surface area contributed by atoms with Crippen molar-refractivity contribution in [2.75, 3.05) is 13.2 Å². The lowest BCUT2D eigenvalue weighted by molar-refractivity contribution is 0.0916. The summed E-state index contributed by atoms with van der Waals surface area (Å²) in [5.41, 5.74) is 5.56. The first-order chi connectivity index (χ1) is 15.3. The molecule has 1 aliphatic rings. The highest BCUT2D eigenvalue weighted by molar-refractivity contribution is 5.79. The average Bonchev–Trinajstić information content (AvgIpc) is 3.12. The zero-order chi connectivity index (χ0) is 21.5. The molecule has 6 nitrogen and oxygen atoms in total. The molecule has 0 fully saturated rings. The number of hydrogen-bond donors (Lipinski definition) is 1. The predicted molar refractivity (Wildman–Crippen MR) is 116 cm³/mol. The van der Waals surface area contributed by atoms with Crippen molar-refractivity contribution in [3.63, 3.8) is 0 Å². The summed E-state index contributed by atoms with van der Waals surface area (Å²) in [5.74, 6) is -0.0412. The number of benzene rings is 3. The second-order valence-corrected chi connectivity index (χ2v) is 7.21. The van der Waals surface area contributed by atoms with E-state index >= 15 is 0 Å². The summed E-state index contributed by atoms with van der Waals surface area (Å²) in [6.07, 6.45) is -0.0524. The van der Waals surface area contributed by atoms with Crippen molar-refractivity contribution >= 4 is 12.2 Å². The van der Waals surface area contributed by atoms with E-state index in [1.807, 2.05) is 54.6 Å². The van der Waals surface area contributed by atoms with Gasteiger partial charge < -0.3 is 9.47 Å². The molecule has 0 unspecified atom stereocenters. The largest absolute Gasteiger partial charge is 0.449 e. The quantitative estimate of drug-likeness (QED) is 0.438. The minimum atomic E-state index is -0.864. The summed E-state index contributed by atoms with van der Waals surface area (Å²) in [5, 5.41) is 2.56. The van der Waals surface area contributed by atoms with Crippen LogP contribution in [0.1, 0.15) is 22.6 Å². The van der Waals surface area contributed by atoms with Crippen molar-refractivity contribution < 1.29 is 19.1 Å². The Labute approximate surface area is 180 Å². The summed E-state index contributed by atoms with van der Waals surface area (Å²) in [4.78, 5) is 26.7. The standard InChI is InChI=1S/C25H22N2O4/c28-17-26-24(16-30-14-18-8-2-1-3-9-18)27-25(29)31-15-23-21-12-6-4-10-19(21)20-11-5-7-13-22(20)23/h1-13,23-24H,14-16H2,(H,27,29)/t24-/m0/s1. The van der Waals surface area contributed by atoms with Crippen LogP contribution >= 0.6 is 0 Å². The van der Waals surface area contributed by atoms with Gasteiger partial charge in [-0.3, -0.25) is 5.32 Å². The van der Waals surface area contributed by atoms with Gasteiger partial charge in [0, 0.05) is 5.92 Å². The van der Waals surface area contributed by atoms with E-state index in [1.54, 1.807) is 0 Å². The molecular formula is C25H22N2O4. The molecule has 1 amide bonds. The van der Waals surface area contributed by atoms with Crippen molar-refractivity contribution in [3.8, 4) is 11.1 Å². The fourth-order valence-corrected chi connectivity index (χ4v) is 3.81. The van der Waals surface area contributed by atoms with Crippen LogP contribution in [0.5, 0.6) is 0 Å². The Bertz CT molecular complexity index is 1050. The van der Waals surface area contributed by atoms with E-state index in [2.05, 4.69) is 34.6 Å². The van der Waals surface area contributed by atoms with Crippen LogP contribution in [0.25, 0.3) is 11.1 Å². The summed E-state index contributed by atoms with van der Waals surface area (Å²) in [6.45, 7) is 0.564. The van der Waals surface area contributed by atoms with Gasteiger partial charge in [0.1, 0.15) is 6.61 Å². The van der Waals surface area contributed by atoms with Gasteiger partial charge in [-0.25, -0.2) is 9.59 Å². The normalized spacial score (nSPS) is 12.9. The molecule has 4 rings (SSSR count). The van der Waals surface area contributed by atoms with E-state index < -0.39 is 12.3 Å². The third-order valence-corrected chi connectivity index (χ3v) is 5.22. The SMILES string of the molecule is O=C=N[C@H](COCc1ccccc1)NC(=O)OCC1c2ccccc2-c2ccccc21. The number of rotatable bonds is 8. The number of carbonyl (C=O) groups is 1. The fourth-order valence-electron chi connectivity index (χ4n) is 3.81. The summed E-state index contributed by atoms with van der Waals surface area (Å²) < 4.78 is 11.0. The summed E-state index contributed by atoms with van der Waals surface area (Å²) in [6, 6.07) is 25.8. The number of ether oxygens (including phenoxy) is 2. The van der Waals surface area contributed by atoms with Gasteiger partial charge in [-0.2, -0.15) is 4.99 Å². The van der Waals surface area contributed by atoms with Crippen LogP contribution in [0.3, 0.4) is 0 Å². The maximum atomic E-state index is 12.4. The van der Waals surface area contributed by atoms with Gasteiger partial charge >= 0.3 is 6.09 Å². The van der Waals surface area contributed by atoms with E-state index in [9.17, 15) is 9.59 Å². The molecule has 0 radical (unpaired) electrons. The second kappa shape index (κ2) is 9.85. The smallest absolute Gasteiger partial charge is 0.408 e. The third-order valence-electron chi connectivity index (χ3n) is 5.22. The van der Waals surface area contributed by atoms with Crippen LogP contribution in [-0.2, 0) is 20.9 Å². The molecular weight excluding hydrogens is 392 g/mol. The number of nitrogens with zero attached hydrogens (tertiary/aromatic N) is 1. The third kappa shape index (κ3) is 4.89. The molecule has 3 aromatic rings. The molecule has 0 aromatic heterocycles. The highest BCUT2D eigenvalue weighted by Gasteiger charge is 2.29. The van der Waals surface area contributed by atoms with Gasteiger partial charge in [0.05, 0.1) is 13.2 Å². The Kier molecular flexibility index (Phi) is 6.53. The van der Waals surface area contributed by atoms with Crippen molar-refractivity contribution in [1.82, 2.24) is 5.32 Å². The maximum absolute atomic E-state index is 12.4. The highest BCUT2D eigenvalue weighted by atomic mass is 16.5. The summed E-state index contributed by atoms with van der Waals surface area (Å²) in [7, 11) is 0. The molecule has 0 spiro atoms. The van der Waals surface area contributed by atoms with Crippen LogP contribution in [0.2, 0.25) is 0 Å². The average molecular weight is 414 g/mol. The first kappa shape index (κ1) is 20.5. The van der Waals surface area contributed by atoms with Gasteiger partial charge in [-0.15, -0.1) is 0 Å². The monoisotopic (exact) mass is 414 g/mol. The molecule has 6 heteroatoms. The van der Waals surface area contributed by atoms with Gasteiger partial charge in [0.15, 0.2) is 6.17 Å². The lowest BCUT2D eigenvalue weighted by Gasteiger charge is -2.17. The van der Waals surface area contributed by atoms with Gasteiger partial charge in [0.25, 0.3) is 0 Å². The molecule has 0 saturated heterocycles. The zero-order valence-electron chi connectivity index (χ0n) is 16.9. The molecule has 0 heterocycles. The topological polar surface area (TPSA) is 77.0 Å². The highest BCUT2D eigenvalue weighted by Crippen LogP contribution is 2.44. The van der Waals surface area contributed by atoms with Crippen molar-refractivity contribution in [1.29, 1.82) is 0 Å². The number of aliphatic imine (C=N–C) groups is 1. The van der Waals surface area contributed by atoms with Crippen LogP contribution < -0.4 is 5.32 Å². The van der Waals surface area contributed by atoms with Gasteiger partial charge in [-0.05, 0) is 27.8 Å². The second-order valence-electron chi connectivity index (χ2n) is 7.21. The Morgan fingerprint density at radius 2 is 1.55 bits per heavy atom. The number of carbonyl (C=O) groups excluding carboxylic acids is 2. The van der Waals surface area contributed by atoms with Crippen LogP contribution in [-0.4, -0.2) is 31.6 Å². The molecule has 1 aliphatic carbocycles.